The molecule has 1 fully saturated rings. The molecule has 1 N–H and O–H groups in total. The number of nitrogens with one attached hydrogen (secondary N) is 1. The molecule has 2 nitrogen and oxygen atoms in total. The minimum atomic E-state index is 0.699. The fourth-order valence-corrected chi connectivity index (χ4v) is 2.28. The highest BCUT2D eigenvalue weighted by Gasteiger charge is 2.12. The molecule has 16 heavy (non-hydrogen) atoms. The number of nitrogens with zero attached hydrogens (tertiary/aromatic N) is 1. The first kappa shape index (κ1) is 11.0. The lowest BCUT2D eigenvalue weighted by atomic mass is 9.89. The molecule has 0 atom stereocenters. The quantitative estimate of drug-likeness (QED) is 0.835. The van der Waals surface area contributed by atoms with Crippen LogP contribution in [-0.4, -0.2) is 6.54 Å². The van der Waals surface area contributed by atoms with E-state index in [1.165, 1.54) is 32.1 Å². The van der Waals surface area contributed by atoms with Gasteiger partial charge in [0.1, 0.15) is 0 Å². The van der Waals surface area contributed by atoms with Crippen molar-refractivity contribution in [3.05, 3.63) is 29.8 Å². The lowest BCUT2D eigenvalue weighted by Crippen LogP contribution is -2.17. The van der Waals surface area contributed by atoms with Crippen LogP contribution in [0.2, 0.25) is 0 Å². The van der Waals surface area contributed by atoms with Crippen LogP contribution in [0.3, 0.4) is 0 Å². The molecule has 2 heteroatoms. The van der Waals surface area contributed by atoms with Crippen LogP contribution in [0, 0.1) is 23.3 Å². The second-order valence-corrected chi connectivity index (χ2v) is 4.49. The topological polar surface area (TPSA) is 35.8 Å². The average Bonchev–Trinajstić information content (AvgIpc) is 2.38. The lowest BCUT2D eigenvalue weighted by Gasteiger charge is -2.22. The number of hydrogen-bond donors (Lipinski definition) is 1. The molecule has 0 amide bonds. The minimum Gasteiger partial charge on any atom is -0.384 e. The molecule has 0 aliphatic heterocycles. The van der Waals surface area contributed by atoms with Gasteiger partial charge >= 0.3 is 0 Å². The molecular formula is C14H17N2. The Kier molecular flexibility index (Phi) is 3.82. The normalized spacial score (nSPS) is 16.7. The van der Waals surface area contributed by atoms with Crippen LogP contribution < -0.4 is 5.32 Å². The van der Waals surface area contributed by atoms with Crippen molar-refractivity contribution in [1.82, 2.24) is 0 Å². The molecule has 1 aromatic rings. The smallest absolute Gasteiger partial charge is 0.0992 e. The second kappa shape index (κ2) is 5.55. The van der Waals surface area contributed by atoms with Crippen LogP contribution in [0.1, 0.15) is 37.7 Å². The van der Waals surface area contributed by atoms with Gasteiger partial charge in [0.15, 0.2) is 0 Å². The monoisotopic (exact) mass is 213 g/mol. The van der Waals surface area contributed by atoms with E-state index >= 15 is 0 Å². The van der Waals surface area contributed by atoms with E-state index in [0.29, 0.717) is 5.56 Å². The number of anilines is 1. The van der Waals surface area contributed by atoms with Gasteiger partial charge in [-0.1, -0.05) is 25.3 Å². The molecule has 1 aliphatic carbocycles. The Morgan fingerprint density at radius 2 is 2.19 bits per heavy atom. The highest BCUT2D eigenvalue weighted by molar-refractivity contribution is 5.48. The Morgan fingerprint density at radius 3 is 2.94 bits per heavy atom. The number of benzene rings is 1. The number of rotatable bonds is 3. The van der Waals surface area contributed by atoms with Crippen molar-refractivity contribution in [3.63, 3.8) is 0 Å². The second-order valence-electron chi connectivity index (χ2n) is 4.49. The van der Waals surface area contributed by atoms with E-state index in [9.17, 15) is 0 Å². The van der Waals surface area contributed by atoms with E-state index in [1.54, 1.807) is 6.07 Å². The lowest BCUT2D eigenvalue weighted by molar-refractivity contribution is 0.373. The first-order valence-corrected chi connectivity index (χ1v) is 6.04. The summed E-state index contributed by atoms with van der Waals surface area (Å²) in [5.74, 6) is 0.799. The van der Waals surface area contributed by atoms with Crippen LogP contribution >= 0.6 is 0 Å². The van der Waals surface area contributed by atoms with Gasteiger partial charge in [-0.3, -0.25) is 0 Å². The summed E-state index contributed by atoms with van der Waals surface area (Å²) in [5.41, 5.74) is 1.65. The van der Waals surface area contributed by atoms with Crippen molar-refractivity contribution in [2.24, 2.45) is 5.92 Å². The fraction of sp³-hybridized carbons (Fsp3) is 0.500. The largest absolute Gasteiger partial charge is 0.384 e. The van der Waals surface area contributed by atoms with Gasteiger partial charge in [-0.15, -0.1) is 0 Å². The molecule has 1 aliphatic rings. The van der Waals surface area contributed by atoms with Crippen LogP contribution in [-0.2, 0) is 0 Å². The maximum absolute atomic E-state index is 8.79. The van der Waals surface area contributed by atoms with Crippen molar-refractivity contribution >= 4 is 5.69 Å². The zero-order chi connectivity index (χ0) is 11.2. The SMILES string of the molecule is N#Cc1cc[c]c(NCC2CCCCC2)c1. The molecule has 1 radical (unpaired) electrons. The van der Waals surface area contributed by atoms with E-state index in [4.69, 9.17) is 5.26 Å². The zero-order valence-electron chi connectivity index (χ0n) is 9.50. The van der Waals surface area contributed by atoms with Gasteiger partial charge in [-0.2, -0.15) is 5.26 Å². The Bertz CT molecular complexity index is 373. The third-order valence-corrected chi connectivity index (χ3v) is 3.24. The van der Waals surface area contributed by atoms with Gasteiger partial charge in [-0.05, 0) is 30.9 Å². The first-order chi connectivity index (χ1) is 7.88. The van der Waals surface area contributed by atoms with E-state index < -0.39 is 0 Å². The van der Waals surface area contributed by atoms with Crippen molar-refractivity contribution in [3.8, 4) is 6.07 Å². The highest BCUT2D eigenvalue weighted by atomic mass is 14.9. The fourth-order valence-electron chi connectivity index (χ4n) is 2.28. The van der Waals surface area contributed by atoms with Crippen molar-refractivity contribution < 1.29 is 0 Å². The van der Waals surface area contributed by atoms with Crippen LogP contribution in [0.15, 0.2) is 18.2 Å². The third-order valence-electron chi connectivity index (χ3n) is 3.24. The standard InChI is InChI=1S/C14H17N2/c15-10-13-7-4-8-14(9-13)16-11-12-5-2-1-3-6-12/h4,7,9,12,16H,1-3,5-6,11H2. The summed E-state index contributed by atoms with van der Waals surface area (Å²) >= 11 is 0. The Balaban J connectivity index is 1.86. The Morgan fingerprint density at radius 1 is 1.38 bits per heavy atom. The molecule has 0 heterocycles. The number of hydrogen-bond acceptors (Lipinski definition) is 2. The van der Waals surface area contributed by atoms with Gasteiger partial charge in [0.05, 0.1) is 11.6 Å². The predicted octanol–water partition coefficient (Wildman–Crippen LogP) is 3.35. The van der Waals surface area contributed by atoms with Gasteiger partial charge < -0.3 is 5.32 Å². The maximum atomic E-state index is 8.79. The third kappa shape index (κ3) is 3.00. The summed E-state index contributed by atoms with van der Waals surface area (Å²) in [6, 6.07) is 10.7. The molecule has 2 rings (SSSR count). The molecule has 0 saturated heterocycles. The Hall–Kier alpha value is -1.49. The summed E-state index contributed by atoms with van der Waals surface area (Å²) in [6.45, 7) is 1.02. The highest BCUT2D eigenvalue weighted by Crippen LogP contribution is 2.23. The molecule has 1 aromatic carbocycles. The molecule has 0 bridgehead atoms. The van der Waals surface area contributed by atoms with Crippen LogP contribution in [0.4, 0.5) is 5.69 Å². The van der Waals surface area contributed by atoms with Gasteiger partial charge in [0, 0.05) is 18.3 Å². The van der Waals surface area contributed by atoms with E-state index in [-0.39, 0.29) is 0 Å². The van der Waals surface area contributed by atoms with Crippen LogP contribution in [0.25, 0.3) is 0 Å². The zero-order valence-corrected chi connectivity index (χ0v) is 9.50. The molecular weight excluding hydrogens is 196 g/mol. The minimum absolute atomic E-state index is 0.699. The summed E-state index contributed by atoms with van der Waals surface area (Å²) < 4.78 is 0. The summed E-state index contributed by atoms with van der Waals surface area (Å²) in [4.78, 5) is 0. The number of nitriles is 1. The molecule has 83 valence electrons. The van der Waals surface area contributed by atoms with E-state index in [0.717, 1.165) is 18.2 Å². The molecule has 0 spiro atoms. The molecule has 0 unspecified atom stereocenters. The van der Waals surface area contributed by atoms with Crippen molar-refractivity contribution in [1.29, 1.82) is 5.26 Å². The van der Waals surface area contributed by atoms with Crippen LogP contribution in [0.5, 0.6) is 0 Å². The van der Waals surface area contributed by atoms with Crippen molar-refractivity contribution in [2.75, 3.05) is 11.9 Å². The molecule has 1 saturated carbocycles. The summed E-state index contributed by atoms with van der Waals surface area (Å²) in [6.07, 6.45) is 6.81. The van der Waals surface area contributed by atoms with E-state index in [2.05, 4.69) is 17.5 Å². The summed E-state index contributed by atoms with van der Waals surface area (Å²) in [7, 11) is 0. The Labute approximate surface area is 97.3 Å². The average molecular weight is 213 g/mol. The maximum Gasteiger partial charge on any atom is 0.0992 e. The summed E-state index contributed by atoms with van der Waals surface area (Å²) in [5, 5.41) is 12.2. The van der Waals surface area contributed by atoms with Gasteiger partial charge in [-0.25, -0.2) is 0 Å². The van der Waals surface area contributed by atoms with Gasteiger partial charge in [0.25, 0.3) is 0 Å². The van der Waals surface area contributed by atoms with Gasteiger partial charge in [0.2, 0.25) is 0 Å². The van der Waals surface area contributed by atoms with E-state index in [1.807, 2.05) is 12.1 Å². The van der Waals surface area contributed by atoms with Crippen molar-refractivity contribution in [2.45, 2.75) is 32.1 Å². The molecule has 0 aromatic heterocycles. The first-order valence-electron chi connectivity index (χ1n) is 6.04. The predicted molar refractivity (Wildman–Crippen MR) is 65.1 cm³/mol.